The first-order valence-corrected chi connectivity index (χ1v) is 9.11. The van der Waals surface area contributed by atoms with E-state index in [0.717, 1.165) is 12.7 Å². The van der Waals surface area contributed by atoms with E-state index >= 15 is 0 Å². The SMILES string of the molecule is CS(=O)(=O)c1ccc(OC2CCOC2)c(-n2ccccc2=O)c1. The Morgan fingerprint density at radius 3 is 2.74 bits per heavy atom. The Labute approximate surface area is 134 Å². The van der Waals surface area contributed by atoms with Crippen LogP contribution in [-0.4, -0.2) is 38.6 Å². The molecule has 7 heteroatoms. The molecule has 3 rings (SSSR count). The van der Waals surface area contributed by atoms with E-state index in [2.05, 4.69) is 0 Å². The second kappa shape index (κ2) is 6.17. The summed E-state index contributed by atoms with van der Waals surface area (Å²) in [5, 5.41) is 0. The third-order valence-electron chi connectivity index (χ3n) is 3.62. The lowest BCUT2D eigenvalue weighted by Gasteiger charge is -2.17. The lowest BCUT2D eigenvalue weighted by molar-refractivity contribution is 0.141. The maximum absolute atomic E-state index is 12.1. The van der Waals surface area contributed by atoms with Gasteiger partial charge in [-0.1, -0.05) is 6.07 Å². The minimum Gasteiger partial charge on any atom is -0.486 e. The Morgan fingerprint density at radius 1 is 1.26 bits per heavy atom. The van der Waals surface area contributed by atoms with Gasteiger partial charge in [0.25, 0.3) is 5.56 Å². The van der Waals surface area contributed by atoms with Crippen LogP contribution in [0.4, 0.5) is 0 Å². The van der Waals surface area contributed by atoms with E-state index in [-0.39, 0.29) is 16.6 Å². The lowest BCUT2D eigenvalue weighted by atomic mass is 10.2. The maximum atomic E-state index is 12.1. The minimum atomic E-state index is -3.39. The molecule has 0 amide bonds. The van der Waals surface area contributed by atoms with Crippen molar-refractivity contribution >= 4 is 9.84 Å². The monoisotopic (exact) mass is 335 g/mol. The largest absolute Gasteiger partial charge is 0.486 e. The van der Waals surface area contributed by atoms with Crippen LogP contribution < -0.4 is 10.3 Å². The third-order valence-corrected chi connectivity index (χ3v) is 4.73. The highest BCUT2D eigenvalue weighted by molar-refractivity contribution is 7.90. The molecule has 0 aliphatic carbocycles. The molecule has 1 aliphatic heterocycles. The van der Waals surface area contributed by atoms with Crippen LogP contribution in [0.25, 0.3) is 5.69 Å². The number of rotatable bonds is 4. The van der Waals surface area contributed by atoms with Crippen LogP contribution in [0.2, 0.25) is 0 Å². The zero-order chi connectivity index (χ0) is 16.4. The summed E-state index contributed by atoms with van der Waals surface area (Å²) >= 11 is 0. The van der Waals surface area contributed by atoms with E-state index in [4.69, 9.17) is 9.47 Å². The van der Waals surface area contributed by atoms with Crippen molar-refractivity contribution in [2.75, 3.05) is 19.5 Å². The molecule has 6 nitrogen and oxygen atoms in total. The second-order valence-electron chi connectivity index (χ2n) is 5.41. The van der Waals surface area contributed by atoms with E-state index in [1.807, 2.05) is 0 Å². The molecule has 1 aromatic carbocycles. The average molecular weight is 335 g/mol. The summed E-state index contributed by atoms with van der Waals surface area (Å²) in [5.74, 6) is 0.459. The van der Waals surface area contributed by atoms with Gasteiger partial charge in [0.1, 0.15) is 11.9 Å². The molecule has 2 aromatic rings. The van der Waals surface area contributed by atoms with Crippen molar-refractivity contribution in [1.82, 2.24) is 4.57 Å². The lowest BCUT2D eigenvalue weighted by Crippen LogP contribution is -2.20. The number of nitrogens with zero attached hydrogens (tertiary/aromatic N) is 1. The Morgan fingerprint density at radius 2 is 2.09 bits per heavy atom. The molecule has 0 spiro atoms. The average Bonchev–Trinajstić information content (AvgIpc) is 3.00. The molecule has 1 unspecified atom stereocenters. The van der Waals surface area contributed by atoms with Crippen LogP contribution in [0.1, 0.15) is 6.42 Å². The quantitative estimate of drug-likeness (QED) is 0.844. The number of sulfone groups is 1. The number of ether oxygens (including phenoxy) is 2. The number of hydrogen-bond acceptors (Lipinski definition) is 5. The van der Waals surface area contributed by atoms with Gasteiger partial charge in [0.15, 0.2) is 9.84 Å². The molecule has 23 heavy (non-hydrogen) atoms. The van der Waals surface area contributed by atoms with Crippen LogP contribution in [0.15, 0.2) is 52.3 Å². The molecule has 0 saturated carbocycles. The van der Waals surface area contributed by atoms with Crippen molar-refractivity contribution in [3.05, 3.63) is 52.9 Å². The van der Waals surface area contributed by atoms with Crippen molar-refractivity contribution in [2.24, 2.45) is 0 Å². The Kier molecular flexibility index (Phi) is 4.23. The number of aromatic nitrogens is 1. The summed E-state index contributed by atoms with van der Waals surface area (Å²) in [7, 11) is -3.39. The Balaban J connectivity index is 2.11. The fraction of sp³-hybridized carbons (Fsp3) is 0.312. The smallest absolute Gasteiger partial charge is 0.255 e. The van der Waals surface area contributed by atoms with Gasteiger partial charge in [0.05, 0.1) is 23.8 Å². The van der Waals surface area contributed by atoms with Crippen molar-refractivity contribution < 1.29 is 17.9 Å². The van der Waals surface area contributed by atoms with Crippen molar-refractivity contribution in [3.8, 4) is 11.4 Å². The summed E-state index contributed by atoms with van der Waals surface area (Å²) in [6.07, 6.45) is 3.38. The molecule has 1 aromatic heterocycles. The summed E-state index contributed by atoms with van der Waals surface area (Å²) in [4.78, 5) is 12.2. The van der Waals surface area contributed by atoms with E-state index in [1.165, 1.54) is 22.8 Å². The molecular formula is C16H17NO5S. The fourth-order valence-corrected chi connectivity index (χ4v) is 3.07. The van der Waals surface area contributed by atoms with Crippen LogP contribution in [-0.2, 0) is 14.6 Å². The van der Waals surface area contributed by atoms with E-state index < -0.39 is 9.84 Å². The van der Waals surface area contributed by atoms with Crippen molar-refractivity contribution in [3.63, 3.8) is 0 Å². The summed E-state index contributed by atoms with van der Waals surface area (Å²) in [6, 6.07) is 9.28. The molecule has 1 atom stereocenters. The van der Waals surface area contributed by atoms with E-state index in [0.29, 0.717) is 24.7 Å². The van der Waals surface area contributed by atoms with Crippen molar-refractivity contribution in [1.29, 1.82) is 0 Å². The molecule has 1 fully saturated rings. The predicted octanol–water partition coefficient (Wildman–Crippen LogP) is 1.41. The van der Waals surface area contributed by atoms with Crippen molar-refractivity contribution in [2.45, 2.75) is 17.4 Å². The van der Waals surface area contributed by atoms with Gasteiger partial charge in [-0.3, -0.25) is 9.36 Å². The Bertz CT molecular complexity index is 866. The zero-order valence-electron chi connectivity index (χ0n) is 12.6. The van der Waals surface area contributed by atoms with E-state index in [1.54, 1.807) is 24.4 Å². The zero-order valence-corrected chi connectivity index (χ0v) is 13.5. The topological polar surface area (TPSA) is 74.6 Å². The van der Waals surface area contributed by atoms with Crippen LogP contribution in [0.3, 0.4) is 0 Å². The second-order valence-corrected chi connectivity index (χ2v) is 7.43. The van der Waals surface area contributed by atoms with Crippen LogP contribution in [0, 0.1) is 0 Å². The first kappa shape index (κ1) is 15.8. The van der Waals surface area contributed by atoms with E-state index in [9.17, 15) is 13.2 Å². The number of benzene rings is 1. The molecule has 2 heterocycles. The van der Waals surface area contributed by atoms with Gasteiger partial charge in [-0.2, -0.15) is 0 Å². The van der Waals surface area contributed by atoms with Gasteiger partial charge in [0.2, 0.25) is 0 Å². The fourth-order valence-electron chi connectivity index (χ4n) is 2.43. The molecule has 122 valence electrons. The summed E-state index contributed by atoms with van der Waals surface area (Å²) in [5.41, 5.74) is 0.149. The molecular weight excluding hydrogens is 318 g/mol. The number of pyridine rings is 1. The van der Waals surface area contributed by atoms with Gasteiger partial charge in [0, 0.05) is 24.9 Å². The molecule has 0 N–H and O–H groups in total. The first-order valence-electron chi connectivity index (χ1n) is 7.22. The summed E-state index contributed by atoms with van der Waals surface area (Å²) < 4.78 is 36.2. The standard InChI is InChI=1S/C16H17NO5S/c1-23(19,20)13-5-6-15(22-12-7-9-21-11-12)14(10-13)17-8-3-2-4-16(17)18/h2-6,8,10,12H,7,9,11H2,1H3. The summed E-state index contributed by atoms with van der Waals surface area (Å²) in [6.45, 7) is 1.11. The van der Waals surface area contributed by atoms with Gasteiger partial charge >= 0.3 is 0 Å². The number of hydrogen-bond donors (Lipinski definition) is 0. The normalized spacial score (nSPS) is 18.0. The van der Waals surface area contributed by atoms with Crippen LogP contribution in [0.5, 0.6) is 5.75 Å². The van der Waals surface area contributed by atoms with Gasteiger partial charge in [-0.25, -0.2) is 8.42 Å². The maximum Gasteiger partial charge on any atom is 0.255 e. The first-order chi connectivity index (χ1) is 10.9. The van der Waals surface area contributed by atoms with Gasteiger partial charge in [-0.15, -0.1) is 0 Å². The predicted molar refractivity (Wildman–Crippen MR) is 85.0 cm³/mol. The minimum absolute atomic E-state index is 0.0998. The van der Waals surface area contributed by atoms with Gasteiger partial charge < -0.3 is 9.47 Å². The molecule has 0 bridgehead atoms. The Hall–Kier alpha value is -2.12. The molecule has 0 radical (unpaired) electrons. The van der Waals surface area contributed by atoms with Crippen LogP contribution >= 0.6 is 0 Å². The highest BCUT2D eigenvalue weighted by atomic mass is 32.2. The third kappa shape index (κ3) is 3.46. The van der Waals surface area contributed by atoms with Gasteiger partial charge in [-0.05, 0) is 24.3 Å². The molecule has 1 saturated heterocycles. The molecule has 1 aliphatic rings. The highest BCUT2D eigenvalue weighted by Gasteiger charge is 2.20. The highest BCUT2D eigenvalue weighted by Crippen LogP contribution is 2.27.